The first-order valence-corrected chi connectivity index (χ1v) is 8.05. The highest BCUT2D eigenvalue weighted by molar-refractivity contribution is 7.98. The molecule has 0 fully saturated rings. The lowest BCUT2D eigenvalue weighted by Crippen LogP contribution is -2.06. The van der Waals surface area contributed by atoms with Crippen LogP contribution in [0.2, 0.25) is 0 Å². The Balaban J connectivity index is 2.05. The summed E-state index contributed by atoms with van der Waals surface area (Å²) in [6, 6.07) is 9.35. The van der Waals surface area contributed by atoms with Gasteiger partial charge in [0.2, 0.25) is 0 Å². The van der Waals surface area contributed by atoms with E-state index in [4.69, 9.17) is 9.84 Å². The highest BCUT2D eigenvalue weighted by atomic mass is 32.2. The Morgan fingerprint density at radius 2 is 2.00 bits per heavy atom. The molecule has 21 heavy (non-hydrogen) atoms. The average Bonchev–Trinajstić information content (AvgIpc) is 2.95. The first-order valence-electron chi connectivity index (χ1n) is 6.18. The Morgan fingerprint density at radius 3 is 2.62 bits per heavy atom. The van der Waals surface area contributed by atoms with Crippen molar-refractivity contribution in [3.8, 4) is 0 Å². The molecular weight excluding hydrogens is 308 g/mol. The van der Waals surface area contributed by atoms with E-state index in [0.717, 1.165) is 16.0 Å². The van der Waals surface area contributed by atoms with Crippen LogP contribution in [0, 0.1) is 0 Å². The second-order valence-electron chi connectivity index (χ2n) is 4.26. The molecule has 110 valence electrons. The molecule has 0 aliphatic heterocycles. The molecule has 0 saturated heterocycles. The zero-order valence-corrected chi connectivity index (χ0v) is 13.0. The van der Waals surface area contributed by atoms with Gasteiger partial charge in [0.25, 0.3) is 0 Å². The summed E-state index contributed by atoms with van der Waals surface area (Å²) >= 11 is 2.77. The summed E-state index contributed by atoms with van der Waals surface area (Å²) in [5.41, 5.74) is 1.99. The van der Waals surface area contributed by atoms with Crippen molar-refractivity contribution in [1.29, 1.82) is 0 Å². The van der Waals surface area contributed by atoms with Crippen molar-refractivity contribution in [1.82, 2.24) is 0 Å². The Morgan fingerprint density at radius 1 is 1.29 bits per heavy atom. The van der Waals surface area contributed by atoms with Gasteiger partial charge in [-0.25, -0.2) is 4.79 Å². The molecule has 0 unspecified atom stereocenters. The number of carbonyl (C=O) groups is 2. The fraction of sp³-hybridized carbons (Fsp3) is 0.200. The number of rotatable bonds is 6. The lowest BCUT2D eigenvalue weighted by atomic mass is 10.1. The highest BCUT2D eigenvalue weighted by Crippen LogP contribution is 2.29. The van der Waals surface area contributed by atoms with Crippen molar-refractivity contribution in [2.75, 3.05) is 7.11 Å². The first kappa shape index (κ1) is 15.6. The third kappa shape index (κ3) is 4.34. The van der Waals surface area contributed by atoms with Crippen molar-refractivity contribution >= 4 is 35.0 Å². The van der Waals surface area contributed by atoms with E-state index in [9.17, 15) is 9.59 Å². The van der Waals surface area contributed by atoms with Gasteiger partial charge in [0.1, 0.15) is 4.88 Å². The van der Waals surface area contributed by atoms with Gasteiger partial charge < -0.3 is 9.84 Å². The second-order valence-corrected chi connectivity index (χ2v) is 6.22. The zero-order chi connectivity index (χ0) is 15.2. The number of benzene rings is 1. The molecule has 2 rings (SSSR count). The van der Waals surface area contributed by atoms with E-state index >= 15 is 0 Å². The van der Waals surface area contributed by atoms with Gasteiger partial charge >= 0.3 is 11.9 Å². The monoisotopic (exact) mass is 322 g/mol. The van der Waals surface area contributed by atoms with E-state index in [1.807, 2.05) is 29.6 Å². The van der Waals surface area contributed by atoms with Crippen molar-refractivity contribution in [3.05, 3.63) is 51.7 Å². The van der Waals surface area contributed by atoms with E-state index in [1.165, 1.54) is 18.4 Å². The van der Waals surface area contributed by atoms with Crippen LogP contribution in [0.3, 0.4) is 0 Å². The topological polar surface area (TPSA) is 63.6 Å². The number of esters is 1. The molecule has 1 aromatic carbocycles. The summed E-state index contributed by atoms with van der Waals surface area (Å²) in [7, 11) is 1.37. The minimum atomic E-state index is -0.905. The quantitative estimate of drug-likeness (QED) is 0.652. The standard InChI is InChI=1S/C15H14O4S2/c1-19-14(16)6-10-4-2-3-5-11(10)8-20-12-7-13(15(17)18)21-9-12/h2-5,7,9H,6,8H2,1H3,(H,17,18). The average molecular weight is 322 g/mol. The van der Waals surface area contributed by atoms with E-state index in [-0.39, 0.29) is 12.4 Å². The van der Waals surface area contributed by atoms with Crippen LogP contribution in [0.4, 0.5) is 0 Å². The third-order valence-corrected chi connectivity index (χ3v) is 4.95. The van der Waals surface area contributed by atoms with Crippen LogP contribution >= 0.6 is 23.1 Å². The molecule has 0 radical (unpaired) electrons. The lowest BCUT2D eigenvalue weighted by molar-refractivity contribution is -0.139. The molecule has 0 bridgehead atoms. The Kier molecular flexibility index (Phi) is 5.41. The minimum absolute atomic E-state index is 0.247. The molecule has 0 aliphatic rings. The molecule has 0 amide bonds. The fourth-order valence-corrected chi connectivity index (χ4v) is 3.67. The number of hydrogen-bond donors (Lipinski definition) is 1. The largest absolute Gasteiger partial charge is 0.477 e. The van der Waals surface area contributed by atoms with E-state index in [2.05, 4.69) is 0 Å². The van der Waals surface area contributed by atoms with E-state index in [1.54, 1.807) is 17.8 Å². The van der Waals surface area contributed by atoms with Gasteiger partial charge in [-0.3, -0.25) is 4.79 Å². The predicted molar refractivity (Wildman–Crippen MR) is 83.0 cm³/mol. The van der Waals surface area contributed by atoms with Gasteiger partial charge in [-0.2, -0.15) is 0 Å². The Bertz CT molecular complexity index is 649. The van der Waals surface area contributed by atoms with Crippen LogP contribution in [0.15, 0.2) is 40.6 Å². The maximum Gasteiger partial charge on any atom is 0.345 e. The van der Waals surface area contributed by atoms with E-state index < -0.39 is 5.97 Å². The summed E-state index contributed by atoms with van der Waals surface area (Å²) in [6.07, 6.45) is 0.247. The molecule has 1 N–H and O–H groups in total. The van der Waals surface area contributed by atoms with E-state index in [0.29, 0.717) is 10.6 Å². The summed E-state index contributed by atoms with van der Waals surface area (Å²) in [5, 5.41) is 10.7. The number of methoxy groups -OCH3 is 1. The summed E-state index contributed by atoms with van der Waals surface area (Å²) in [6.45, 7) is 0. The first-order chi connectivity index (χ1) is 10.1. The number of ether oxygens (including phenoxy) is 1. The molecule has 0 atom stereocenters. The number of carboxylic acid groups (broad SMARTS) is 1. The molecule has 2 aromatic rings. The van der Waals surface area contributed by atoms with Crippen molar-refractivity contribution in [2.45, 2.75) is 17.1 Å². The van der Waals surface area contributed by atoms with Crippen LogP contribution in [0.5, 0.6) is 0 Å². The summed E-state index contributed by atoms with van der Waals surface area (Å²) < 4.78 is 4.69. The normalized spacial score (nSPS) is 10.3. The van der Waals surface area contributed by atoms with Gasteiger partial charge in [-0.15, -0.1) is 23.1 Å². The highest BCUT2D eigenvalue weighted by Gasteiger charge is 2.10. The number of carboxylic acids is 1. The Hall–Kier alpha value is -1.79. The van der Waals surface area contributed by atoms with Crippen LogP contribution < -0.4 is 0 Å². The molecule has 6 heteroatoms. The molecule has 0 saturated carbocycles. The third-order valence-electron chi connectivity index (χ3n) is 2.86. The Labute approximate surface area is 130 Å². The number of aromatic carboxylic acids is 1. The van der Waals surface area contributed by atoms with Gasteiger partial charge in [0.15, 0.2) is 0 Å². The maximum atomic E-state index is 11.4. The SMILES string of the molecule is COC(=O)Cc1ccccc1CSc1csc(C(=O)O)c1. The maximum absolute atomic E-state index is 11.4. The van der Waals surface area contributed by atoms with Crippen molar-refractivity contribution < 1.29 is 19.4 Å². The fourth-order valence-electron chi connectivity index (χ4n) is 1.77. The molecule has 1 aromatic heterocycles. The predicted octanol–water partition coefficient (Wildman–Crippen LogP) is 3.45. The molecule has 1 heterocycles. The minimum Gasteiger partial charge on any atom is -0.477 e. The molecule has 0 spiro atoms. The van der Waals surface area contributed by atoms with Crippen LogP contribution in [-0.4, -0.2) is 24.2 Å². The van der Waals surface area contributed by atoms with Crippen LogP contribution in [0.25, 0.3) is 0 Å². The molecular formula is C15H14O4S2. The van der Waals surface area contributed by atoms with Gasteiger partial charge in [-0.1, -0.05) is 24.3 Å². The van der Waals surface area contributed by atoms with Crippen LogP contribution in [0.1, 0.15) is 20.8 Å². The molecule has 4 nitrogen and oxygen atoms in total. The number of carbonyl (C=O) groups excluding carboxylic acids is 1. The zero-order valence-electron chi connectivity index (χ0n) is 11.4. The van der Waals surface area contributed by atoms with Gasteiger partial charge in [0, 0.05) is 16.0 Å². The smallest absolute Gasteiger partial charge is 0.345 e. The molecule has 0 aliphatic carbocycles. The van der Waals surface area contributed by atoms with Crippen molar-refractivity contribution in [2.24, 2.45) is 0 Å². The summed E-state index contributed by atoms with van der Waals surface area (Å²) in [4.78, 5) is 23.5. The van der Waals surface area contributed by atoms with Crippen molar-refractivity contribution in [3.63, 3.8) is 0 Å². The number of thioether (sulfide) groups is 1. The summed E-state index contributed by atoms with van der Waals surface area (Å²) in [5.74, 6) is -0.489. The lowest BCUT2D eigenvalue weighted by Gasteiger charge is -2.07. The van der Waals surface area contributed by atoms with Crippen LogP contribution in [-0.2, 0) is 21.7 Å². The number of hydrogen-bond acceptors (Lipinski definition) is 5. The van der Waals surface area contributed by atoms with Gasteiger partial charge in [-0.05, 0) is 17.2 Å². The van der Waals surface area contributed by atoms with Gasteiger partial charge in [0.05, 0.1) is 13.5 Å². The second kappa shape index (κ2) is 7.28. The number of thiophene rings is 1.